The van der Waals surface area contributed by atoms with Crippen LogP contribution in [0.5, 0.6) is 0 Å². The highest BCUT2D eigenvalue weighted by Crippen LogP contribution is 2.46. The number of amides is 2. The number of likely N-dealkylation sites (tertiary alicyclic amines) is 1. The van der Waals surface area contributed by atoms with Crippen molar-refractivity contribution in [2.75, 3.05) is 25.9 Å². The van der Waals surface area contributed by atoms with Crippen molar-refractivity contribution in [2.45, 2.75) is 43.5 Å². The van der Waals surface area contributed by atoms with Crippen LogP contribution < -0.4 is 10.6 Å². The van der Waals surface area contributed by atoms with E-state index < -0.39 is 0 Å². The summed E-state index contributed by atoms with van der Waals surface area (Å²) in [5, 5.41) is 5.93. The lowest BCUT2D eigenvalue weighted by atomic mass is 10.1. The van der Waals surface area contributed by atoms with E-state index in [1.165, 1.54) is 44.3 Å². The summed E-state index contributed by atoms with van der Waals surface area (Å²) in [6.45, 7) is 4.85. The zero-order valence-electron chi connectivity index (χ0n) is 13.9. The molecule has 1 heterocycles. The molecule has 1 aliphatic carbocycles. The molecule has 3 rings (SSSR count). The number of carbonyl (C=O) groups excluding carboxylic acids is 1. The molecular formula is C18H27N3OS. The highest BCUT2D eigenvalue weighted by molar-refractivity contribution is 8.00. The molecule has 2 aliphatic rings. The van der Waals surface area contributed by atoms with Crippen molar-refractivity contribution in [1.82, 2.24) is 15.5 Å². The van der Waals surface area contributed by atoms with Crippen molar-refractivity contribution >= 4 is 17.8 Å². The van der Waals surface area contributed by atoms with Crippen molar-refractivity contribution in [2.24, 2.45) is 0 Å². The molecule has 2 N–H and O–H groups in total. The van der Waals surface area contributed by atoms with Gasteiger partial charge in [0, 0.05) is 24.4 Å². The molecule has 0 radical (unpaired) electrons. The van der Waals surface area contributed by atoms with E-state index in [0.29, 0.717) is 11.3 Å². The van der Waals surface area contributed by atoms with E-state index in [1.807, 2.05) is 11.8 Å². The minimum atomic E-state index is -0.0635. The Morgan fingerprint density at radius 3 is 2.39 bits per heavy atom. The summed E-state index contributed by atoms with van der Waals surface area (Å²) < 4.78 is 0.314. The van der Waals surface area contributed by atoms with Crippen LogP contribution in [0, 0.1) is 0 Å². The van der Waals surface area contributed by atoms with Crippen molar-refractivity contribution in [1.29, 1.82) is 0 Å². The largest absolute Gasteiger partial charge is 0.337 e. The van der Waals surface area contributed by atoms with E-state index >= 15 is 0 Å². The predicted octanol–water partition coefficient (Wildman–Crippen LogP) is 2.98. The zero-order chi connectivity index (χ0) is 16.1. The number of urea groups is 1. The quantitative estimate of drug-likeness (QED) is 0.806. The third-order valence-corrected chi connectivity index (χ3v) is 6.31. The molecule has 1 saturated carbocycles. The first-order chi connectivity index (χ1) is 11.2. The minimum Gasteiger partial charge on any atom is -0.337 e. The van der Waals surface area contributed by atoms with Gasteiger partial charge in [-0.15, -0.1) is 0 Å². The lowest BCUT2D eigenvalue weighted by Crippen LogP contribution is -2.39. The van der Waals surface area contributed by atoms with E-state index in [4.69, 9.17) is 0 Å². The topological polar surface area (TPSA) is 44.4 Å². The van der Waals surface area contributed by atoms with Crippen molar-refractivity contribution in [3.8, 4) is 0 Å². The van der Waals surface area contributed by atoms with E-state index in [0.717, 1.165) is 18.7 Å². The van der Waals surface area contributed by atoms with Gasteiger partial charge in [0.2, 0.25) is 0 Å². The standard InChI is InChI=1S/C18H27N3OS/c1-23-18(8-9-18)14-20-17(22)19-12-15-4-6-16(7-5-15)13-21-10-2-3-11-21/h4-7H,2-3,8-14H2,1H3,(H2,19,20,22). The lowest BCUT2D eigenvalue weighted by molar-refractivity contribution is 0.240. The van der Waals surface area contributed by atoms with Gasteiger partial charge >= 0.3 is 6.03 Å². The van der Waals surface area contributed by atoms with Crippen LogP contribution in [0.3, 0.4) is 0 Å². The monoisotopic (exact) mass is 333 g/mol. The number of hydrogen-bond acceptors (Lipinski definition) is 3. The fraction of sp³-hybridized carbons (Fsp3) is 0.611. The van der Waals surface area contributed by atoms with Gasteiger partial charge in [-0.05, 0) is 56.2 Å². The maximum Gasteiger partial charge on any atom is 0.315 e. The van der Waals surface area contributed by atoms with E-state index in [2.05, 4.69) is 46.1 Å². The fourth-order valence-electron chi connectivity index (χ4n) is 3.04. The van der Waals surface area contributed by atoms with Gasteiger partial charge in [0.05, 0.1) is 0 Å². The summed E-state index contributed by atoms with van der Waals surface area (Å²) in [5.41, 5.74) is 2.51. The Morgan fingerprint density at radius 2 is 1.78 bits per heavy atom. The van der Waals surface area contributed by atoms with E-state index in [9.17, 15) is 4.79 Å². The van der Waals surface area contributed by atoms with Gasteiger partial charge in [0.1, 0.15) is 0 Å². The minimum absolute atomic E-state index is 0.0635. The Morgan fingerprint density at radius 1 is 1.13 bits per heavy atom. The molecule has 1 aromatic rings. The first kappa shape index (κ1) is 16.7. The Kier molecular flexibility index (Phi) is 5.49. The van der Waals surface area contributed by atoms with E-state index in [-0.39, 0.29) is 6.03 Å². The summed E-state index contributed by atoms with van der Waals surface area (Å²) in [7, 11) is 0. The molecule has 2 amide bonds. The second-order valence-electron chi connectivity index (χ2n) is 6.72. The smallest absolute Gasteiger partial charge is 0.315 e. The predicted molar refractivity (Wildman–Crippen MR) is 96.7 cm³/mol. The maximum atomic E-state index is 11.9. The molecule has 1 aliphatic heterocycles. The van der Waals surface area contributed by atoms with Crippen molar-refractivity contribution < 1.29 is 4.79 Å². The van der Waals surface area contributed by atoms with Crippen molar-refractivity contribution in [3.05, 3.63) is 35.4 Å². The Hall–Kier alpha value is -1.20. The third-order valence-electron chi connectivity index (χ3n) is 4.89. The van der Waals surface area contributed by atoms with Crippen molar-refractivity contribution in [3.63, 3.8) is 0 Å². The van der Waals surface area contributed by atoms with Gasteiger partial charge in [-0.2, -0.15) is 11.8 Å². The molecule has 0 unspecified atom stereocenters. The molecule has 2 fully saturated rings. The Balaban J connectivity index is 1.38. The van der Waals surface area contributed by atoms with Crippen LogP contribution in [0.1, 0.15) is 36.8 Å². The SMILES string of the molecule is CSC1(CNC(=O)NCc2ccc(CN3CCCC3)cc2)CC1. The molecule has 126 valence electrons. The number of nitrogens with zero attached hydrogens (tertiary/aromatic N) is 1. The van der Waals surface area contributed by atoms with Gasteiger partial charge in [-0.3, -0.25) is 4.90 Å². The number of rotatable bonds is 7. The summed E-state index contributed by atoms with van der Waals surface area (Å²) in [4.78, 5) is 14.4. The number of thioether (sulfide) groups is 1. The average molecular weight is 334 g/mol. The Labute approximate surface area is 143 Å². The Bertz CT molecular complexity index is 522. The van der Waals surface area contributed by atoms with Crippen LogP contribution in [-0.4, -0.2) is 41.6 Å². The van der Waals surface area contributed by atoms with Crippen LogP contribution in [0.25, 0.3) is 0 Å². The summed E-state index contributed by atoms with van der Waals surface area (Å²) in [5.74, 6) is 0. The molecular weight excluding hydrogens is 306 g/mol. The van der Waals surface area contributed by atoms with Gasteiger partial charge in [-0.1, -0.05) is 24.3 Å². The van der Waals surface area contributed by atoms with E-state index in [1.54, 1.807) is 0 Å². The van der Waals surface area contributed by atoms with Crippen LogP contribution in [0.2, 0.25) is 0 Å². The fourth-order valence-corrected chi connectivity index (χ4v) is 3.77. The maximum absolute atomic E-state index is 11.9. The van der Waals surface area contributed by atoms with Crippen LogP contribution in [0.4, 0.5) is 4.79 Å². The summed E-state index contributed by atoms with van der Waals surface area (Å²) in [6.07, 6.45) is 7.21. The second-order valence-corrected chi connectivity index (χ2v) is 8.00. The van der Waals surface area contributed by atoms with Gasteiger partial charge in [0.25, 0.3) is 0 Å². The molecule has 0 spiro atoms. The van der Waals surface area contributed by atoms with Gasteiger partial charge in [0.15, 0.2) is 0 Å². The number of nitrogens with one attached hydrogen (secondary N) is 2. The molecule has 4 nitrogen and oxygen atoms in total. The first-order valence-electron chi connectivity index (χ1n) is 8.56. The lowest BCUT2D eigenvalue weighted by Gasteiger charge is -2.15. The van der Waals surface area contributed by atoms with Crippen LogP contribution >= 0.6 is 11.8 Å². The van der Waals surface area contributed by atoms with Gasteiger partial charge < -0.3 is 10.6 Å². The molecule has 1 saturated heterocycles. The number of benzene rings is 1. The molecule has 0 aromatic heterocycles. The molecule has 0 bridgehead atoms. The van der Waals surface area contributed by atoms with Crippen LogP contribution in [-0.2, 0) is 13.1 Å². The average Bonchev–Trinajstić information content (AvgIpc) is 3.19. The second kappa shape index (κ2) is 7.58. The first-order valence-corrected chi connectivity index (χ1v) is 9.79. The highest BCUT2D eigenvalue weighted by Gasteiger charge is 2.41. The normalized spacial score (nSPS) is 19.5. The number of hydrogen-bond donors (Lipinski definition) is 2. The molecule has 1 aromatic carbocycles. The summed E-state index contributed by atoms with van der Waals surface area (Å²) >= 11 is 1.86. The molecule has 23 heavy (non-hydrogen) atoms. The molecule has 5 heteroatoms. The van der Waals surface area contributed by atoms with Gasteiger partial charge in [-0.25, -0.2) is 4.79 Å². The summed E-state index contributed by atoms with van der Waals surface area (Å²) in [6, 6.07) is 8.54. The van der Waals surface area contributed by atoms with Crippen LogP contribution in [0.15, 0.2) is 24.3 Å². The highest BCUT2D eigenvalue weighted by atomic mass is 32.2. The third kappa shape index (κ3) is 4.88. The molecule has 0 atom stereocenters. The zero-order valence-corrected chi connectivity index (χ0v) is 14.8. The number of carbonyl (C=O) groups is 1.